The second-order valence-electron chi connectivity index (χ2n) is 6.36. The summed E-state index contributed by atoms with van der Waals surface area (Å²) in [7, 11) is 0. The number of hydrogen-bond donors (Lipinski definition) is 0. The van der Waals surface area contributed by atoms with Gasteiger partial charge in [0.2, 0.25) is 5.91 Å². The summed E-state index contributed by atoms with van der Waals surface area (Å²) in [6.07, 6.45) is 5.07. The van der Waals surface area contributed by atoms with Crippen LogP contribution in [0.25, 0.3) is 5.52 Å². The maximum atomic E-state index is 12.3. The minimum atomic E-state index is 0.0777. The number of carbonyl (C=O) groups is 1. The molecule has 7 heteroatoms. The number of aryl methyl sites for hydroxylation is 1. The molecule has 0 saturated heterocycles. The van der Waals surface area contributed by atoms with Gasteiger partial charge >= 0.3 is 0 Å². The zero-order valence-electron chi connectivity index (χ0n) is 14.5. The number of aromatic nitrogens is 2. The molecule has 0 radical (unpaired) electrons. The minimum absolute atomic E-state index is 0.0777. The third kappa shape index (κ3) is 3.75. The first-order chi connectivity index (χ1) is 12.0. The van der Waals surface area contributed by atoms with Gasteiger partial charge in [-0.3, -0.25) is 4.79 Å². The Bertz CT molecular complexity index is 817. The highest BCUT2D eigenvalue weighted by atomic mass is 79.9. The van der Waals surface area contributed by atoms with Gasteiger partial charge in [0.1, 0.15) is 0 Å². The second kappa shape index (κ2) is 7.87. The number of nitrogens with zero attached hydrogens (tertiary/aromatic N) is 4. The van der Waals surface area contributed by atoms with Crippen molar-refractivity contribution >= 4 is 44.7 Å². The number of rotatable bonds is 6. The fraction of sp³-hybridized carbons (Fsp3) is 0.500. The zero-order valence-corrected chi connectivity index (χ0v) is 16.8. The summed E-state index contributed by atoms with van der Waals surface area (Å²) in [6, 6.07) is 3.85. The van der Waals surface area contributed by atoms with E-state index in [9.17, 15) is 4.79 Å². The van der Waals surface area contributed by atoms with E-state index in [1.807, 2.05) is 22.8 Å². The molecule has 3 rings (SSSR count). The van der Waals surface area contributed by atoms with E-state index in [-0.39, 0.29) is 11.8 Å². The van der Waals surface area contributed by atoms with E-state index >= 15 is 0 Å². The van der Waals surface area contributed by atoms with Crippen LogP contribution in [0.5, 0.6) is 0 Å². The van der Waals surface area contributed by atoms with Crippen LogP contribution in [0.1, 0.15) is 44.4 Å². The van der Waals surface area contributed by atoms with Gasteiger partial charge in [-0.1, -0.05) is 41.4 Å². The van der Waals surface area contributed by atoms with E-state index < -0.39 is 0 Å². The third-order valence-corrected chi connectivity index (χ3v) is 5.26. The topological polar surface area (TPSA) is 50.0 Å². The first-order valence-electron chi connectivity index (χ1n) is 8.67. The molecule has 2 aromatic heterocycles. The van der Waals surface area contributed by atoms with Gasteiger partial charge < -0.3 is 0 Å². The Morgan fingerprint density at radius 2 is 2.16 bits per heavy atom. The standard InChI is InChI=1S/C18H22BrClN4O/c1-3-14-17(15-7-6-13(20)11-24(15)21-14)18-12(2)10-16(25)23(22-18)9-5-4-8-19/h6-7,11-12H,3-5,8-10H2,1-2H3. The smallest absolute Gasteiger partial charge is 0.243 e. The average molecular weight is 426 g/mol. The van der Waals surface area contributed by atoms with Crippen molar-refractivity contribution < 1.29 is 4.79 Å². The van der Waals surface area contributed by atoms with E-state index in [2.05, 4.69) is 34.9 Å². The SMILES string of the molecule is CCc1nn2cc(Cl)ccc2c1C1=NN(CCCCBr)C(=O)CC1C. The molecule has 134 valence electrons. The van der Waals surface area contributed by atoms with Crippen molar-refractivity contribution in [1.82, 2.24) is 14.6 Å². The predicted octanol–water partition coefficient (Wildman–Crippen LogP) is 4.30. The molecule has 25 heavy (non-hydrogen) atoms. The molecule has 0 fully saturated rings. The van der Waals surface area contributed by atoms with Gasteiger partial charge in [-0.05, 0) is 31.4 Å². The summed E-state index contributed by atoms with van der Waals surface area (Å²) in [5.74, 6) is 0.178. The first kappa shape index (κ1) is 18.4. The third-order valence-electron chi connectivity index (χ3n) is 4.47. The summed E-state index contributed by atoms with van der Waals surface area (Å²) in [5.41, 5.74) is 3.97. The molecule has 1 atom stereocenters. The number of fused-ring (bicyclic) bond motifs is 1. The molecule has 0 saturated carbocycles. The highest BCUT2D eigenvalue weighted by Gasteiger charge is 2.30. The number of halogens is 2. The number of hydrazone groups is 1. The van der Waals surface area contributed by atoms with E-state index in [0.29, 0.717) is 18.0 Å². The molecule has 0 aromatic carbocycles. The lowest BCUT2D eigenvalue weighted by atomic mass is 9.92. The van der Waals surface area contributed by atoms with Crippen LogP contribution in [0, 0.1) is 5.92 Å². The van der Waals surface area contributed by atoms with Gasteiger partial charge in [-0.15, -0.1) is 0 Å². The van der Waals surface area contributed by atoms with Crippen molar-refractivity contribution in [3.8, 4) is 0 Å². The Morgan fingerprint density at radius 1 is 1.36 bits per heavy atom. The van der Waals surface area contributed by atoms with Crippen LogP contribution in [-0.2, 0) is 11.2 Å². The molecular weight excluding hydrogens is 404 g/mol. The van der Waals surface area contributed by atoms with Gasteiger partial charge in [-0.25, -0.2) is 9.52 Å². The molecule has 0 spiro atoms. The van der Waals surface area contributed by atoms with Crippen LogP contribution in [0.15, 0.2) is 23.4 Å². The normalized spacial score (nSPS) is 18.1. The number of pyridine rings is 1. The average Bonchev–Trinajstić information content (AvgIpc) is 2.94. The van der Waals surface area contributed by atoms with E-state index in [1.54, 1.807) is 5.01 Å². The first-order valence-corrected chi connectivity index (χ1v) is 10.2. The summed E-state index contributed by atoms with van der Waals surface area (Å²) < 4.78 is 1.82. The van der Waals surface area contributed by atoms with Crippen LogP contribution >= 0.6 is 27.5 Å². The van der Waals surface area contributed by atoms with Crippen LogP contribution in [0.3, 0.4) is 0 Å². The molecule has 0 aliphatic carbocycles. The Morgan fingerprint density at radius 3 is 2.88 bits per heavy atom. The quantitative estimate of drug-likeness (QED) is 0.512. The highest BCUT2D eigenvalue weighted by molar-refractivity contribution is 9.09. The highest BCUT2D eigenvalue weighted by Crippen LogP contribution is 2.27. The van der Waals surface area contributed by atoms with Crippen LogP contribution < -0.4 is 0 Å². The molecule has 0 bridgehead atoms. The lowest BCUT2D eigenvalue weighted by molar-refractivity contribution is -0.132. The molecular formula is C18H22BrClN4O. The predicted molar refractivity (Wildman–Crippen MR) is 105 cm³/mol. The Kier molecular flexibility index (Phi) is 5.79. The molecule has 1 amide bonds. The Hall–Kier alpha value is -1.40. The maximum absolute atomic E-state index is 12.3. The van der Waals surface area contributed by atoms with E-state index in [4.69, 9.17) is 16.7 Å². The number of carbonyl (C=O) groups excluding carboxylic acids is 1. The summed E-state index contributed by atoms with van der Waals surface area (Å²) in [4.78, 5) is 12.3. The van der Waals surface area contributed by atoms with E-state index in [0.717, 1.165) is 47.1 Å². The molecule has 5 nitrogen and oxygen atoms in total. The molecule has 1 unspecified atom stereocenters. The van der Waals surface area contributed by atoms with E-state index in [1.165, 1.54) is 0 Å². The number of unbranched alkanes of at least 4 members (excludes halogenated alkanes) is 1. The second-order valence-corrected chi connectivity index (χ2v) is 7.59. The van der Waals surface area contributed by atoms with Gasteiger partial charge in [0, 0.05) is 36.0 Å². The monoisotopic (exact) mass is 424 g/mol. The van der Waals surface area contributed by atoms with Crippen LogP contribution in [0.2, 0.25) is 5.02 Å². The van der Waals surface area contributed by atoms with Crippen molar-refractivity contribution in [3.05, 3.63) is 34.6 Å². The van der Waals surface area contributed by atoms with Crippen molar-refractivity contribution in [2.45, 2.75) is 39.5 Å². The number of alkyl halides is 1. The van der Waals surface area contributed by atoms with Crippen molar-refractivity contribution in [1.29, 1.82) is 0 Å². The fourth-order valence-electron chi connectivity index (χ4n) is 3.17. The molecule has 3 heterocycles. The molecule has 0 N–H and O–H groups in total. The molecule has 2 aromatic rings. The lowest BCUT2D eigenvalue weighted by Crippen LogP contribution is -2.37. The largest absolute Gasteiger partial charge is 0.273 e. The summed E-state index contributed by atoms with van der Waals surface area (Å²) in [6.45, 7) is 4.80. The number of amides is 1. The Balaban J connectivity index is 2.05. The van der Waals surface area contributed by atoms with Crippen molar-refractivity contribution in [3.63, 3.8) is 0 Å². The van der Waals surface area contributed by atoms with Gasteiger partial charge in [0.25, 0.3) is 0 Å². The van der Waals surface area contributed by atoms with Gasteiger partial charge in [0.05, 0.1) is 21.9 Å². The fourth-order valence-corrected chi connectivity index (χ4v) is 3.73. The lowest BCUT2D eigenvalue weighted by Gasteiger charge is -2.27. The zero-order chi connectivity index (χ0) is 18.0. The summed E-state index contributed by atoms with van der Waals surface area (Å²) in [5, 5.41) is 12.6. The Labute approximate surface area is 161 Å². The van der Waals surface area contributed by atoms with Crippen molar-refractivity contribution in [2.75, 3.05) is 11.9 Å². The van der Waals surface area contributed by atoms with Gasteiger partial charge in [0.15, 0.2) is 0 Å². The molecule has 1 aliphatic rings. The van der Waals surface area contributed by atoms with Crippen LogP contribution in [0.4, 0.5) is 0 Å². The molecule has 1 aliphatic heterocycles. The van der Waals surface area contributed by atoms with Crippen molar-refractivity contribution in [2.24, 2.45) is 11.0 Å². The van der Waals surface area contributed by atoms with Gasteiger partial charge in [-0.2, -0.15) is 10.2 Å². The summed E-state index contributed by atoms with van der Waals surface area (Å²) >= 11 is 9.54. The number of hydrogen-bond acceptors (Lipinski definition) is 3. The minimum Gasteiger partial charge on any atom is -0.273 e. The maximum Gasteiger partial charge on any atom is 0.243 e. The van der Waals surface area contributed by atoms with Crippen LogP contribution in [-0.4, -0.2) is 38.1 Å².